The zero-order valence-corrected chi connectivity index (χ0v) is 18.7. The van der Waals surface area contributed by atoms with E-state index >= 15 is 0 Å². The summed E-state index contributed by atoms with van der Waals surface area (Å²) in [4.78, 5) is 19.0. The fraction of sp³-hybridized carbons (Fsp3) is 0.120. The van der Waals surface area contributed by atoms with Crippen LogP contribution in [0.25, 0.3) is 39.4 Å². The van der Waals surface area contributed by atoms with E-state index in [9.17, 15) is 4.79 Å². The number of rotatable bonds is 4. The van der Waals surface area contributed by atoms with Gasteiger partial charge in [0.15, 0.2) is 5.69 Å². The number of aromatic nitrogens is 4. The van der Waals surface area contributed by atoms with Gasteiger partial charge >= 0.3 is 0 Å². The van der Waals surface area contributed by atoms with Gasteiger partial charge in [-0.25, -0.2) is 0 Å². The molecule has 0 spiro atoms. The highest BCUT2D eigenvalue weighted by Crippen LogP contribution is 2.27. The molecule has 2 aromatic heterocycles. The van der Waals surface area contributed by atoms with E-state index in [1.165, 1.54) is 4.68 Å². The molecule has 0 aliphatic rings. The van der Waals surface area contributed by atoms with E-state index in [2.05, 4.69) is 15.2 Å². The molecule has 0 radical (unpaired) electrons. The maximum Gasteiger partial charge on any atom is 0.279 e. The van der Waals surface area contributed by atoms with Gasteiger partial charge in [0.1, 0.15) is 0 Å². The van der Waals surface area contributed by atoms with Gasteiger partial charge < -0.3 is 4.52 Å². The standard InChI is InChI=1S/C25H20N4O2S/c1-15-8-11-18(14-16(15)2)29-25(30)21-7-5-4-6-20(21)22(27-29)24-26-23(28-31-24)17-9-12-19(32-3)13-10-17/h4-14H,1-3H3. The molecule has 7 heteroatoms. The number of thioether (sulfide) groups is 1. The second kappa shape index (κ2) is 8.09. The fourth-order valence-electron chi connectivity index (χ4n) is 3.56. The van der Waals surface area contributed by atoms with E-state index in [0.717, 1.165) is 21.6 Å². The van der Waals surface area contributed by atoms with Crippen molar-refractivity contribution < 1.29 is 4.52 Å². The Bertz CT molecular complexity index is 1500. The summed E-state index contributed by atoms with van der Waals surface area (Å²) in [6.07, 6.45) is 2.03. The first kappa shape index (κ1) is 20.2. The molecule has 0 N–H and O–H groups in total. The Balaban J connectivity index is 1.69. The van der Waals surface area contributed by atoms with E-state index in [1.807, 2.05) is 80.8 Å². The van der Waals surface area contributed by atoms with Gasteiger partial charge in [0, 0.05) is 15.8 Å². The van der Waals surface area contributed by atoms with Gasteiger partial charge in [0.2, 0.25) is 5.82 Å². The third kappa shape index (κ3) is 3.50. The Kier molecular flexibility index (Phi) is 5.11. The molecule has 0 aliphatic carbocycles. The minimum Gasteiger partial charge on any atom is -0.332 e. The van der Waals surface area contributed by atoms with Crippen molar-refractivity contribution in [1.82, 2.24) is 19.9 Å². The Morgan fingerprint density at radius 1 is 0.906 bits per heavy atom. The van der Waals surface area contributed by atoms with Crippen LogP contribution in [0.15, 0.2) is 80.9 Å². The van der Waals surface area contributed by atoms with Crippen molar-refractivity contribution in [2.75, 3.05) is 6.26 Å². The van der Waals surface area contributed by atoms with Gasteiger partial charge in [-0.3, -0.25) is 4.79 Å². The molecule has 0 unspecified atom stereocenters. The second-order valence-corrected chi connectivity index (χ2v) is 8.41. The SMILES string of the molecule is CSc1ccc(-c2noc(-c3nn(-c4ccc(C)c(C)c4)c(=O)c4ccccc34)n2)cc1. The zero-order valence-electron chi connectivity index (χ0n) is 17.9. The van der Waals surface area contributed by atoms with Crippen molar-refractivity contribution in [3.05, 3.63) is 88.2 Å². The van der Waals surface area contributed by atoms with Gasteiger partial charge in [-0.2, -0.15) is 14.8 Å². The zero-order chi connectivity index (χ0) is 22.2. The van der Waals surface area contributed by atoms with Crippen molar-refractivity contribution in [3.8, 4) is 28.7 Å². The molecular weight excluding hydrogens is 420 g/mol. The van der Waals surface area contributed by atoms with Crippen LogP contribution in [-0.2, 0) is 0 Å². The summed E-state index contributed by atoms with van der Waals surface area (Å²) in [7, 11) is 0. The van der Waals surface area contributed by atoms with Gasteiger partial charge in [-0.1, -0.05) is 29.4 Å². The Morgan fingerprint density at radius 2 is 1.66 bits per heavy atom. The fourth-order valence-corrected chi connectivity index (χ4v) is 3.97. The summed E-state index contributed by atoms with van der Waals surface area (Å²) in [5.74, 6) is 0.741. The van der Waals surface area contributed by atoms with Crippen LogP contribution in [0.1, 0.15) is 11.1 Å². The van der Waals surface area contributed by atoms with Crippen LogP contribution < -0.4 is 5.56 Å². The maximum absolute atomic E-state index is 13.2. The topological polar surface area (TPSA) is 73.8 Å². The first-order chi connectivity index (χ1) is 15.5. The molecule has 0 bridgehead atoms. The molecule has 0 aliphatic heterocycles. The molecule has 0 saturated heterocycles. The van der Waals surface area contributed by atoms with Crippen molar-refractivity contribution >= 4 is 22.5 Å². The summed E-state index contributed by atoms with van der Waals surface area (Å²) < 4.78 is 7.00. The maximum atomic E-state index is 13.2. The molecular formula is C25H20N4O2S. The molecule has 0 atom stereocenters. The van der Waals surface area contributed by atoms with Crippen LogP contribution in [0.5, 0.6) is 0 Å². The lowest BCUT2D eigenvalue weighted by atomic mass is 10.1. The lowest BCUT2D eigenvalue weighted by Crippen LogP contribution is -2.22. The summed E-state index contributed by atoms with van der Waals surface area (Å²) in [5.41, 5.74) is 4.05. The van der Waals surface area contributed by atoms with Gasteiger partial charge in [-0.05, 0) is 73.7 Å². The summed E-state index contributed by atoms with van der Waals surface area (Å²) in [6, 6.07) is 21.1. The van der Waals surface area contributed by atoms with Crippen LogP contribution in [0, 0.1) is 13.8 Å². The molecule has 2 heterocycles. The van der Waals surface area contributed by atoms with Gasteiger partial charge in [0.25, 0.3) is 11.4 Å². The summed E-state index contributed by atoms with van der Waals surface area (Å²) in [6.45, 7) is 4.05. The van der Waals surface area contributed by atoms with E-state index < -0.39 is 0 Å². The molecule has 0 amide bonds. The van der Waals surface area contributed by atoms with E-state index in [0.29, 0.717) is 28.0 Å². The highest BCUT2D eigenvalue weighted by atomic mass is 32.2. The number of hydrogen-bond acceptors (Lipinski definition) is 6. The number of nitrogens with zero attached hydrogens (tertiary/aromatic N) is 4. The van der Waals surface area contributed by atoms with Crippen molar-refractivity contribution in [3.63, 3.8) is 0 Å². The van der Waals surface area contributed by atoms with Crippen molar-refractivity contribution in [1.29, 1.82) is 0 Å². The summed E-state index contributed by atoms with van der Waals surface area (Å²) in [5, 5.41) is 10.0. The summed E-state index contributed by atoms with van der Waals surface area (Å²) >= 11 is 1.67. The van der Waals surface area contributed by atoms with E-state index in [4.69, 9.17) is 4.52 Å². The van der Waals surface area contributed by atoms with Crippen LogP contribution in [0.3, 0.4) is 0 Å². The minimum atomic E-state index is -0.194. The van der Waals surface area contributed by atoms with Crippen LogP contribution >= 0.6 is 11.8 Å². The third-order valence-corrected chi connectivity index (χ3v) is 6.26. The first-order valence-electron chi connectivity index (χ1n) is 10.1. The Morgan fingerprint density at radius 3 is 2.38 bits per heavy atom. The van der Waals surface area contributed by atoms with Crippen LogP contribution in [-0.4, -0.2) is 26.2 Å². The average Bonchev–Trinajstić information content (AvgIpc) is 3.31. The predicted octanol–water partition coefficient (Wildman–Crippen LogP) is 5.44. The molecule has 5 aromatic rings. The van der Waals surface area contributed by atoms with Crippen molar-refractivity contribution in [2.45, 2.75) is 18.7 Å². The normalized spacial score (nSPS) is 11.2. The van der Waals surface area contributed by atoms with Crippen LogP contribution in [0.2, 0.25) is 0 Å². The van der Waals surface area contributed by atoms with E-state index in [-0.39, 0.29) is 11.4 Å². The lowest BCUT2D eigenvalue weighted by molar-refractivity contribution is 0.430. The van der Waals surface area contributed by atoms with Crippen molar-refractivity contribution in [2.24, 2.45) is 0 Å². The van der Waals surface area contributed by atoms with E-state index in [1.54, 1.807) is 17.8 Å². The lowest BCUT2D eigenvalue weighted by Gasteiger charge is -2.10. The Labute approximate surface area is 188 Å². The monoisotopic (exact) mass is 440 g/mol. The molecule has 0 fully saturated rings. The third-order valence-electron chi connectivity index (χ3n) is 5.52. The highest BCUT2D eigenvalue weighted by Gasteiger charge is 2.19. The van der Waals surface area contributed by atoms with Gasteiger partial charge in [0.05, 0.1) is 11.1 Å². The quantitative estimate of drug-likeness (QED) is 0.346. The first-order valence-corrected chi connectivity index (χ1v) is 11.4. The molecule has 3 aromatic carbocycles. The number of fused-ring (bicyclic) bond motifs is 1. The largest absolute Gasteiger partial charge is 0.332 e. The molecule has 0 saturated carbocycles. The number of hydrogen-bond donors (Lipinski definition) is 0. The second-order valence-electron chi connectivity index (χ2n) is 7.53. The van der Waals surface area contributed by atoms with Crippen LogP contribution in [0.4, 0.5) is 0 Å². The highest BCUT2D eigenvalue weighted by molar-refractivity contribution is 7.98. The molecule has 158 valence electrons. The Hall–Kier alpha value is -3.71. The number of aryl methyl sites for hydroxylation is 2. The van der Waals surface area contributed by atoms with Gasteiger partial charge in [-0.15, -0.1) is 11.8 Å². The molecule has 32 heavy (non-hydrogen) atoms. The average molecular weight is 441 g/mol. The minimum absolute atomic E-state index is 0.194. The molecule has 6 nitrogen and oxygen atoms in total. The number of benzene rings is 3. The smallest absolute Gasteiger partial charge is 0.279 e. The molecule has 5 rings (SSSR count). The predicted molar refractivity (Wildman–Crippen MR) is 127 cm³/mol.